The molecule has 5 nitrogen and oxygen atoms in total. The Balaban J connectivity index is 2.29. The van der Waals surface area contributed by atoms with Crippen LogP contribution < -0.4 is 5.32 Å². The van der Waals surface area contributed by atoms with Crippen LogP contribution in [0.15, 0.2) is 0 Å². The fourth-order valence-electron chi connectivity index (χ4n) is 1.24. The third kappa shape index (κ3) is 2.99. The number of hydrogen-bond acceptors (Lipinski definition) is 4. The van der Waals surface area contributed by atoms with Gasteiger partial charge in [0, 0.05) is 6.42 Å². The number of rotatable bonds is 4. The fraction of sp³-hybridized carbons (Fsp3) is 0.778. The predicted molar refractivity (Wildman–Crippen MR) is 48.4 cm³/mol. The van der Waals surface area contributed by atoms with Crippen LogP contribution in [0.3, 0.4) is 0 Å². The van der Waals surface area contributed by atoms with E-state index in [-0.39, 0.29) is 18.3 Å². The number of amides is 1. The van der Waals surface area contributed by atoms with Crippen LogP contribution in [0.2, 0.25) is 0 Å². The summed E-state index contributed by atoms with van der Waals surface area (Å²) in [5.74, 6) is -0.687. The molecular weight excluding hydrogens is 186 g/mol. The highest BCUT2D eigenvalue weighted by Crippen LogP contribution is 2.06. The van der Waals surface area contributed by atoms with Gasteiger partial charge in [-0.2, -0.15) is 0 Å². The molecule has 1 fully saturated rings. The molecule has 2 N–H and O–H groups in total. The Kier molecular flexibility index (Phi) is 3.88. The van der Waals surface area contributed by atoms with Crippen molar-refractivity contribution < 1.29 is 19.4 Å². The van der Waals surface area contributed by atoms with Crippen LogP contribution in [0.5, 0.6) is 0 Å². The van der Waals surface area contributed by atoms with Gasteiger partial charge in [0.15, 0.2) is 0 Å². The highest BCUT2D eigenvalue weighted by Gasteiger charge is 2.28. The van der Waals surface area contributed by atoms with Crippen LogP contribution in [0, 0.1) is 0 Å². The van der Waals surface area contributed by atoms with E-state index in [1.165, 1.54) is 0 Å². The molecule has 80 valence electrons. The van der Waals surface area contributed by atoms with E-state index in [1.54, 1.807) is 6.92 Å². The lowest BCUT2D eigenvalue weighted by Crippen LogP contribution is -2.39. The first-order valence-electron chi connectivity index (χ1n) is 4.77. The third-order valence-corrected chi connectivity index (χ3v) is 2.16. The summed E-state index contributed by atoms with van der Waals surface area (Å²) in [6.07, 6.45) is 0.461. The second-order valence-electron chi connectivity index (χ2n) is 3.34. The summed E-state index contributed by atoms with van der Waals surface area (Å²) >= 11 is 0. The number of nitrogens with one attached hydrogen (secondary N) is 1. The minimum atomic E-state index is -0.632. The predicted octanol–water partition coefficient (Wildman–Crippen LogP) is -0.421. The van der Waals surface area contributed by atoms with E-state index in [0.717, 1.165) is 0 Å². The van der Waals surface area contributed by atoms with Crippen LogP contribution in [0.1, 0.15) is 26.2 Å². The fourth-order valence-corrected chi connectivity index (χ4v) is 1.24. The van der Waals surface area contributed by atoms with Crippen molar-refractivity contribution in [3.05, 3.63) is 0 Å². The molecule has 1 amide bonds. The lowest BCUT2D eigenvalue weighted by atomic mass is 10.2. The average molecular weight is 201 g/mol. The van der Waals surface area contributed by atoms with Gasteiger partial charge < -0.3 is 15.2 Å². The van der Waals surface area contributed by atoms with E-state index >= 15 is 0 Å². The van der Waals surface area contributed by atoms with Gasteiger partial charge >= 0.3 is 5.97 Å². The average Bonchev–Trinajstić information content (AvgIpc) is 2.51. The van der Waals surface area contributed by atoms with Crippen molar-refractivity contribution in [3.8, 4) is 0 Å². The molecule has 0 radical (unpaired) electrons. The van der Waals surface area contributed by atoms with Crippen LogP contribution in [-0.2, 0) is 14.3 Å². The minimum Gasteiger partial charge on any atom is -0.464 e. The maximum Gasteiger partial charge on any atom is 0.328 e. The van der Waals surface area contributed by atoms with Crippen LogP contribution >= 0.6 is 0 Å². The van der Waals surface area contributed by atoms with Gasteiger partial charge in [-0.05, 0) is 6.42 Å². The molecule has 1 saturated heterocycles. The van der Waals surface area contributed by atoms with Crippen molar-refractivity contribution in [2.45, 2.75) is 38.3 Å². The monoisotopic (exact) mass is 201 g/mol. The van der Waals surface area contributed by atoms with Crippen LogP contribution in [0.25, 0.3) is 0 Å². The largest absolute Gasteiger partial charge is 0.464 e. The number of aliphatic hydroxyl groups is 1. The van der Waals surface area contributed by atoms with E-state index < -0.39 is 12.1 Å². The zero-order valence-electron chi connectivity index (χ0n) is 8.16. The summed E-state index contributed by atoms with van der Waals surface area (Å²) in [5.41, 5.74) is 0. The van der Waals surface area contributed by atoms with Gasteiger partial charge in [0.05, 0.1) is 19.1 Å². The van der Waals surface area contributed by atoms with Crippen molar-refractivity contribution in [2.24, 2.45) is 0 Å². The molecule has 2 atom stereocenters. The van der Waals surface area contributed by atoms with E-state index in [2.05, 4.69) is 10.1 Å². The molecule has 14 heavy (non-hydrogen) atoms. The van der Waals surface area contributed by atoms with Crippen molar-refractivity contribution in [1.29, 1.82) is 0 Å². The quantitative estimate of drug-likeness (QED) is 0.606. The molecule has 1 aliphatic rings. The molecule has 0 aliphatic carbocycles. The highest BCUT2D eigenvalue weighted by atomic mass is 16.5. The zero-order valence-corrected chi connectivity index (χ0v) is 8.16. The molecule has 5 heteroatoms. The molecule has 0 saturated carbocycles. The number of cyclic esters (lactones) is 1. The minimum absolute atomic E-state index is 0.0419. The molecule has 0 aromatic rings. The maximum absolute atomic E-state index is 11.2. The van der Waals surface area contributed by atoms with Gasteiger partial charge in [0.25, 0.3) is 0 Å². The number of hydrogen-bond donors (Lipinski definition) is 2. The molecule has 2 unspecified atom stereocenters. The lowest BCUT2D eigenvalue weighted by Gasteiger charge is -2.10. The molecular formula is C9H15NO4. The van der Waals surface area contributed by atoms with Crippen molar-refractivity contribution in [3.63, 3.8) is 0 Å². The smallest absolute Gasteiger partial charge is 0.328 e. The Morgan fingerprint density at radius 1 is 1.79 bits per heavy atom. The standard InChI is InChI=1S/C9H15NO4/c1-2-6(11)5-8(12)10-7-3-4-14-9(7)13/h6-7,11H,2-5H2,1H3,(H,10,12). The second-order valence-corrected chi connectivity index (χ2v) is 3.34. The topological polar surface area (TPSA) is 75.6 Å². The maximum atomic E-state index is 11.2. The summed E-state index contributed by atoms with van der Waals surface area (Å²) < 4.78 is 4.68. The Bertz CT molecular complexity index is 229. The van der Waals surface area contributed by atoms with Crippen molar-refractivity contribution >= 4 is 11.9 Å². The SMILES string of the molecule is CCC(O)CC(=O)NC1CCOC1=O. The molecule has 0 aromatic heterocycles. The molecule has 1 rings (SSSR count). The number of carbonyl (C=O) groups is 2. The molecule has 0 aromatic carbocycles. The Morgan fingerprint density at radius 2 is 2.50 bits per heavy atom. The molecule has 0 spiro atoms. The second kappa shape index (κ2) is 4.95. The Labute approximate surface area is 82.4 Å². The number of ether oxygens (including phenoxy) is 1. The first kappa shape index (κ1) is 11.0. The summed E-state index contributed by atoms with van der Waals surface area (Å²) in [5, 5.41) is 11.7. The van der Waals surface area contributed by atoms with E-state index in [0.29, 0.717) is 19.4 Å². The number of aliphatic hydroxyl groups excluding tert-OH is 1. The van der Waals surface area contributed by atoms with Gasteiger partial charge in [-0.25, -0.2) is 4.79 Å². The first-order chi connectivity index (χ1) is 6.63. The van der Waals surface area contributed by atoms with Crippen LogP contribution in [0.4, 0.5) is 0 Å². The van der Waals surface area contributed by atoms with Gasteiger partial charge in [0.2, 0.25) is 5.91 Å². The lowest BCUT2D eigenvalue weighted by molar-refractivity contribution is -0.141. The summed E-state index contributed by atoms with van der Waals surface area (Å²) in [7, 11) is 0. The zero-order chi connectivity index (χ0) is 10.6. The van der Waals surface area contributed by atoms with Gasteiger partial charge in [-0.15, -0.1) is 0 Å². The van der Waals surface area contributed by atoms with Crippen LogP contribution in [-0.4, -0.2) is 35.7 Å². The van der Waals surface area contributed by atoms with E-state index in [1.807, 2.05) is 0 Å². The van der Waals surface area contributed by atoms with Crippen molar-refractivity contribution in [2.75, 3.05) is 6.61 Å². The number of carbonyl (C=O) groups excluding carboxylic acids is 2. The summed E-state index contributed by atoms with van der Waals surface area (Å²) in [4.78, 5) is 22.2. The Hall–Kier alpha value is -1.10. The van der Waals surface area contributed by atoms with Gasteiger partial charge in [-0.1, -0.05) is 6.92 Å². The molecule has 0 bridgehead atoms. The van der Waals surface area contributed by atoms with Gasteiger partial charge in [-0.3, -0.25) is 4.79 Å². The Morgan fingerprint density at radius 3 is 3.00 bits per heavy atom. The summed E-state index contributed by atoms with van der Waals surface area (Å²) in [6, 6.07) is -0.522. The summed E-state index contributed by atoms with van der Waals surface area (Å²) in [6.45, 7) is 2.15. The van der Waals surface area contributed by atoms with Crippen molar-refractivity contribution in [1.82, 2.24) is 5.32 Å². The van der Waals surface area contributed by atoms with E-state index in [9.17, 15) is 14.7 Å². The van der Waals surface area contributed by atoms with E-state index in [4.69, 9.17) is 0 Å². The normalized spacial score (nSPS) is 23.0. The highest BCUT2D eigenvalue weighted by molar-refractivity contribution is 5.85. The third-order valence-electron chi connectivity index (χ3n) is 2.16. The number of esters is 1. The molecule has 1 heterocycles. The first-order valence-corrected chi connectivity index (χ1v) is 4.77. The molecule has 1 aliphatic heterocycles. The van der Waals surface area contributed by atoms with Gasteiger partial charge in [0.1, 0.15) is 6.04 Å².